The van der Waals surface area contributed by atoms with Crippen molar-refractivity contribution in [2.24, 2.45) is 0 Å². The molecule has 0 saturated carbocycles. The molecule has 92 valence electrons. The lowest BCUT2D eigenvalue weighted by molar-refractivity contribution is -0.136. The Morgan fingerprint density at radius 2 is 1.72 bits per heavy atom. The van der Waals surface area contributed by atoms with Crippen LogP contribution in [-0.4, -0.2) is 18.4 Å². The standard InChI is InChI=1S/C14H14N2O2/c1-2-15-13(17)14(18)16-12-9-5-7-10-6-3-4-8-11(10)12/h3-9H,2H2,1H3,(H,15,17)(H,16,18). The van der Waals surface area contributed by atoms with Gasteiger partial charge in [0.15, 0.2) is 0 Å². The van der Waals surface area contributed by atoms with E-state index in [1.807, 2.05) is 36.4 Å². The number of likely N-dealkylation sites (N-methyl/N-ethyl adjacent to an activating group) is 1. The van der Waals surface area contributed by atoms with Crippen LogP contribution in [0.4, 0.5) is 5.69 Å². The van der Waals surface area contributed by atoms with Gasteiger partial charge in [0.25, 0.3) is 0 Å². The number of fused-ring (bicyclic) bond motifs is 1. The molecule has 0 aliphatic heterocycles. The van der Waals surface area contributed by atoms with E-state index in [-0.39, 0.29) is 0 Å². The molecule has 18 heavy (non-hydrogen) atoms. The molecule has 0 aliphatic carbocycles. The minimum absolute atomic E-state index is 0.432. The zero-order chi connectivity index (χ0) is 13.0. The van der Waals surface area contributed by atoms with Crippen LogP contribution in [0.15, 0.2) is 42.5 Å². The number of benzene rings is 2. The zero-order valence-electron chi connectivity index (χ0n) is 10.1. The van der Waals surface area contributed by atoms with E-state index in [0.29, 0.717) is 12.2 Å². The summed E-state index contributed by atoms with van der Waals surface area (Å²) in [6.45, 7) is 2.20. The third-order valence-electron chi connectivity index (χ3n) is 2.58. The molecule has 0 atom stereocenters. The summed E-state index contributed by atoms with van der Waals surface area (Å²) >= 11 is 0. The number of carbonyl (C=O) groups is 2. The van der Waals surface area contributed by atoms with Crippen LogP contribution in [0.25, 0.3) is 10.8 Å². The Kier molecular flexibility index (Phi) is 3.57. The molecule has 0 saturated heterocycles. The molecular formula is C14H14N2O2. The minimum atomic E-state index is -0.645. The molecule has 4 nitrogen and oxygen atoms in total. The fourth-order valence-electron chi connectivity index (χ4n) is 1.75. The predicted octanol–water partition coefficient (Wildman–Crippen LogP) is 1.91. The molecule has 2 N–H and O–H groups in total. The van der Waals surface area contributed by atoms with Gasteiger partial charge in [-0.15, -0.1) is 0 Å². The summed E-state index contributed by atoms with van der Waals surface area (Å²) in [6.07, 6.45) is 0. The van der Waals surface area contributed by atoms with Gasteiger partial charge in [0.2, 0.25) is 0 Å². The van der Waals surface area contributed by atoms with Gasteiger partial charge in [-0.3, -0.25) is 9.59 Å². The first-order valence-electron chi connectivity index (χ1n) is 5.79. The second-order valence-electron chi connectivity index (χ2n) is 3.84. The van der Waals surface area contributed by atoms with Crippen molar-refractivity contribution in [2.75, 3.05) is 11.9 Å². The van der Waals surface area contributed by atoms with Crippen molar-refractivity contribution in [3.8, 4) is 0 Å². The molecule has 0 fully saturated rings. The Labute approximate surface area is 105 Å². The Morgan fingerprint density at radius 3 is 2.50 bits per heavy atom. The highest BCUT2D eigenvalue weighted by atomic mass is 16.2. The lowest BCUT2D eigenvalue weighted by atomic mass is 10.1. The molecule has 2 aromatic rings. The number of amides is 2. The lowest BCUT2D eigenvalue weighted by Gasteiger charge is -2.08. The van der Waals surface area contributed by atoms with E-state index in [1.54, 1.807) is 13.0 Å². The number of carbonyl (C=O) groups excluding carboxylic acids is 2. The highest BCUT2D eigenvalue weighted by Crippen LogP contribution is 2.22. The van der Waals surface area contributed by atoms with E-state index >= 15 is 0 Å². The van der Waals surface area contributed by atoms with E-state index < -0.39 is 11.8 Å². The van der Waals surface area contributed by atoms with E-state index in [1.165, 1.54) is 0 Å². The highest BCUT2D eigenvalue weighted by Gasteiger charge is 2.13. The Bertz CT molecular complexity index is 588. The van der Waals surface area contributed by atoms with Crippen LogP contribution in [0.1, 0.15) is 6.92 Å². The molecule has 0 aliphatic rings. The molecule has 0 spiro atoms. The lowest BCUT2D eigenvalue weighted by Crippen LogP contribution is -2.35. The first-order chi connectivity index (χ1) is 8.72. The van der Waals surface area contributed by atoms with Gasteiger partial charge in [0.1, 0.15) is 0 Å². The quantitative estimate of drug-likeness (QED) is 0.790. The summed E-state index contributed by atoms with van der Waals surface area (Å²) in [5.74, 6) is -1.27. The van der Waals surface area contributed by atoms with Gasteiger partial charge in [0, 0.05) is 17.6 Å². The zero-order valence-corrected chi connectivity index (χ0v) is 10.1. The number of rotatable bonds is 2. The minimum Gasteiger partial charge on any atom is -0.348 e. The summed E-state index contributed by atoms with van der Waals surface area (Å²) in [5, 5.41) is 7.02. The van der Waals surface area contributed by atoms with Crippen molar-refractivity contribution >= 4 is 28.3 Å². The monoisotopic (exact) mass is 242 g/mol. The van der Waals surface area contributed by atoms with Crippen LogP contribution in [0.2, 0.25) is 0 Å². The highest BCUT2D eigenvalue weighted by molar-refractivity contribution is 6.40. The topological polar surface area (TPSA) is 58.2 Å². The summed E-state index contributed by atoms with van der Waals surface area (Å²) in [6, 6.07) is 13.3. The van der Waals surface area contributed by atoms with E-state index in [0.717, 1.165) is 10.8 Å². The molecule has 2 amide bonds. The van der Waals surface area contributed by atoms with Crippen LogP contribution >= 0.6 is 0 Å². The van der Waals surface area contributed by atoms with Gasteiger partial charge in [0.05, 0.1) is 0 Å². The predicted molar refractivity (Wildman–Crippen MR) is 71.3 cm³/mol. The second-order valence-corrected chi connectivity index (χ2v) is 3.84. The fourth-order valence-corrected chi connectivity index (χ4v) is 1.75. The number of nitrogens with one attached hydrogen (secondary N) is 2. The molecule has 2 rings (SSSR count). The molecule has 0 bridgehead atoms. The van der Waals surface area contributed by atoms with Gasteiger partial charge < -0.3 is 10.6 Å². The summed E-state index contributed by atoms with van der Waals surface area (Å²) in [7, 11) is 0. The fraction of sp³-hybridized carbons (Fsp3) is 0.143. The summed E-state index contributed by atoms with van der Waals surface area (Å²) in [4.78, 5) is 23.0. The third kappa shape index (κ3) is 2.48. The maximum Gasteiger partial charge on any atom is 0.313 e. The molecule has 0 radical (unpaired) electrons. The van der Waals surface area contributed by atoms with Crippen molar-refractivity contribution in [1.29, 1.82) is 0 Å². The molecule has 4 heteroatoms. The Morgan fingerprint density at radius 1 is 1.00 bits per heavy atom. The van der Waals surface area contributed by atoms with E-state index in [4.69, 9.17) is 0 Å². The number of hydrogen-bond donors (Lipinski definition) is 2. The van der Waals surface area contributed by atoms with Crippen molar-refractivity contribution < 1.29 is 9.59 Å². The van der Waals surface area contributed by atoms with Crippen LogP contribution in [0, 0.1) is 0 Å². The maximum absolute atomic E-state index is 11.6. The van der Waals surface area contributed by atoms with Crippen LogP contribution in [0.3, 0.4) is 0 Å². The molecule has 2 aromatic carbocycles. The summed E-state index contributed by atoms with van der Waals surface area (Å²) in [5.41, 5.74) is 0.643. The largest absolute Gasteiger partial charge is 0.348 e. The third-order valence-corrected chi connectivity index (χ3v) is 2.58. The number of hydrogen-bond acceptors (Lipinski definition) is 2. The SMILES string of the molecule is CCNC(=O)C(=O)Nc1cccc2ccccc12. The van der Waals surface area contributed by atoms with Crippen LogP contribution in [0.5, 0.6) is 0 Å². The Balaban J connectivity index is 2.27. The normalized spacial score (nSPS) is 10.1. The Hall–Kier alpha value is -2.36. The second kappa shape index (κ2) is 5.31. The van der Waals surface area contributed by atoms with Gasteiger partial charge in [-0.1, -0.05) is 36.4 Å². The van der Waals surface area contributed by atoms with Crippen molar-refractivity contribution in [1.82, 2.24) is 5.32 Å². The summed E-state index contributed by atoms with van der Waals surface area (Å²) < 4.78 is 0. The first kappa shape index (κ1) is 12.1. The van der Waals surface area contributed by atoms with Crippen LogP contribution < -0.4 is 10.6 Å². The van der Waals surface area contributed by atoms with Crippen molar-refractivity contribution in [3.63, 3.8) is 0 Å². The average molecular weight is 242 g/mol. The van der Waals surface area contributed by atoms with Crippen molar-refractivity contribution in [2.45, 2.75) is 6.92 Å². The average Bonchev–Trinajstić information content (AvgIpc) is 2.39. The molecule has 0 heterocycles. The van der Waals surface area contributed by atoms with Gasteiger partial charge >= 0.3 is 11.8 Å². The van der Waals surface area contributed by atoms with Crippen LogP contribution in [-0.2, 0) is 9.59 Å². The molecule has 0 aromatic heterocycles. The van der Waals surface area contributed by atoms with Gasteiger partial charge in [-0.2, -0.15) is 0 Å². The maximum atomic E-state index is 11.6. The van der Waals surface area contributed by atoms with E-state index in [9.17, 15) is 9.59 Å². The smallest absolute Gasteiger partial charge is 0.313 e. The first-order valence-corrected chi connectivity index (χ1v) is 5.79. The van der Waals surface area contributed by atoms with Gasteiger partial charge in [-0.25, -0.2) is 0 Å². The number of anilines is 1. The van der Waals surface area contributed by atoms with Gasteiger partial charge in [-0.05, 0) is 18.4 Å². The van der Waals surface area contributed by atoms with E-state index in [2.05, 4.69) is 10.6 Å². The molecular weight excluding hydrogens is 228 g/mol. The van der Waals surface area contributed by atoms with Crippen molar-refractivity contribution in [3.05, 3.63) is 42.5 Å². The molecule has 0 unspecified atom stereocenters.